The van der Waals surface area contributed by atoms with E-state index in [0.717, 1.165) is 72.4 Å². The first-order chi connectivity index (χ1) is 31.8. The maximum atomic E-state index is 13.8. The number of aryl methyl sites for hydroxylation is 2. The summed E-state index contributed by atoms with van der Waals surface area (Å²) in [6.45, 7) is 3.71. The van der Waals surface area contributed by atoms with Gasteiger partial charge in [-0.1, -0.05) is 37.1 Å². The molecule has 66 heavy (non-hydrogen) atoms. The van der Waals surface area contributed by atoms with Gasteiger partial charge in [-0.05, 0) is 172 Å². The lowest BCUT2D eigenvalue weighted by Gasteiger charge is -2.36. The van der Waals surface area contributed by atoms with Gasteiger partial charge in [-0.25, -0.2) is 27.5 Å². The van der Waals surface area contributed by atoms with Crippen LogP contribution in [0.4, 0.5) is 40.3 Å². The van der Waals surface area contributed by atoms with Gasteiger partial charge in [0, 0.05) is 36.8 Å². The molecule has 0 saturated heterocycles. The molecule has 0 aliphatic heterocycles. The van der Waals surface area contributed by atoms with Crippen molar-refractivity contribution in [3.63, 3.8) is 0 Å². The maximum absolute atomic E-state index is 13.8. The summed E-state index contributed by atoms with van der Waals surface area (Å²) in [6.07, 6.45) is 6.37. The minimum atomic E-state index is -0.295. The zero-order valence-electron chi connectivity index (χ0n) is 37.3. The zero-order chi connectivity index (χ0) is 46.2. The average molecular weight is 891 g/mol. The molecule has 336 valence electrons. The van der Waals surface area contributed by atoms with Gasteiger partial charge in [0.15, 0.2) is 0 Å². The largest absolute Gasteiger partial charge is 0.345 e. The van der Waals surface area contributed by atoms with E-state index in [2.05, 4.69) is 0 Å². The Morgan fingerprint density at radius 2 is 0.773 bits per heavy atom. The molecule has 0 amide bonds. The second-order valence-electron chi connectivity index (χ2n) is 17.5. The molecule has 0 spiro atoms. The number of rotatable bonds is 10. The van der Waals surface area contributed by atoms with Gasteiger partial charge in [0.2, 0.25) is 0 Å². The number of benzene rings is 6. The van der Waals surface area contributed by atoms with Crippen LogP contribution >= 0.6 is 0 Å². The third-order valence-corrected chi connectivity index (χ3v) is 13.5. The van der Waals surface area contributed by atoms with Crippen molar-refractivity contribution in [2.75, 3.05) is 23.9 Å². The summed E-state index contributed by atoms with van der Waals surface area (Å²) in [7, 11) is 3.76. The minimum Gasteiger partial charge on any atom is -0.345 e. The molecule has 2 aromatic heterocycles. The highest BCUT2D eigenvalue weighted by Crippen LogP contribution is 2.42. The second-order valence-corrected chi connectivity index (χ2v) is 17.5. The van der Waals surface area contributed by atoms with Gasteiger partial charge in [0.25, 0.3) is 11.1 Å². The monoisotopic (exact) mass is 890 g/mol. The van der Waals surface area contributed by atoms with Gasteiger partial charge < -0.3 is 9.80 Å². The first-order valence-corrected chi connectivity index (χ1v) is 22.4. The van der Waals surface area contributed by atoms with Gasteiger partial charge in [-0.15, -0.1) is 0 Å². The van der Waals surface area contributed by atoms with E-state index in [1.807, 2.05) is 74.1 Å². The fourth-order valence-electron chi connectivity index (χ4n) is 9.39. The van der Waals surface area contributed by atoms with Gasteiger partial charge in [-0.3, -0.25) is 18.7 Å². The minimum absolute atomic E-state index is 0.104. The lowest BCUT2D eigenvalue weighted by Crippen LogP contribution is -2.35. The molecule has 0 bridgehead atoms. The number of fused-ring (bicyclic) bond motifs is 2. The van der Waals surface area contributed by atoms with Gasteiger partial charge in [-0.2, -0.15) is 0 Å². The number of halogens is 4. The number of aromatic nitrogens is 4. The predicted molar refractivity (Wildman–Crippen MR) is 254 cm³/mol. The average Bonchev–Trinajstić information content (AvgIpc) is 3.28. The van der Waals surface area contributed by atoms with Crippen molar-refractivity contribution in [2.24, 2.45) is 11.8 Å². The van der Waals surface area contributed by atoms with Crippen LogP contribution in [-0.2, 0) is 0 Å². The highest BCUT2D eigenvalue weighted by atomic mass is 19.1. The topological polar surface area (TPSA) is 76.3 Å². The van der Waals surface area contributed by atoms with Gasteiger partial charge in [0.05, 0.1) is 33.9 Å². The normalized spacial score (nSPS) is 14.8. The summed E-state index contributed by atoms with van der Waals surface area (Å²) < 4.78 is 57.4. The standard InChI is InChI=1S/2C27H25F2N3O/c2*1-17-30-25-15-14-23(31(2)22-12-10-21(29)11-13-22)16-24(25)27(33)32(17)26(18-4-3-5-18)19-6-8-20(28)9-7-19/h2*6-16,18,26H,3-5H2,1-2H3. The highest BCUT2D eigenvalue weighted by Gasteiger charge is 2.34. The van der Waals surface area contributed by atoms with E-state index in [1.54, 1.807) is 57.7 Å². The van der Waals surface area contributed by atoms with Crippen molar-refractivity contribution in [3.05, 3.63) is 200 Å². The molecule has 2 aliphatic carbocycles. The molecule has 6 aromatic carbocycles. The maximum Gasteiger partial charge on any atom is 0.262 e. The Bertz CT molecular complexity index is 2930. The van der Waals surface area contributed by atoms with E-state index < -0.39 is 0 Å². The van der Waals surface area contributed by atoms with E-state index in [-0.39, 0.29) is 46.5 Å². The molecule has 0 radical (unpaired) electrons. The van der Waals surface area contributed by atoms with Crippen LogP contribution in [0.5, 0.6) is 0 Å². The number of hydrogen-bond acceptors (Lipinski definition) is 6. The molecular formula is C54H50F4N6O2. The summed E-state index contributed by atoms with van der Waals surface area (Å²) in [4.78, 5) is 40.9. The molecule has 2 atom stereocenters. The Labute approximate surface area is 380 Å². The van der Waals surface area contributed by atoms with E-state index in [1.165, 1.54) is 48.5 Å². The van der Waals surface area contributed by atoms with E-state index in [0.29, 0.717) is 45.3 Å². The first-order valence-electron chi connectivity index (χ1n) is 22.4. The first kappa shape index (κ1) is 44.1. The molecule has 12 heteroatoms. The molecule has 8 aromatic rings. The molecule has 0 N–H and O–H groups in total. The molecule has 2 fully saturated rings. The van der Waals surface area contributed by atoms with Crippen molar-refractivity contribution in [3.8, 4) is 0 Å². The summed E-state index contributed by atoms with van der Waals surface area (Å²) in [5, 5.41) is 1.05. The Morgan fingerprint density at radius 1 is 0.470 bits per heavy atom. The lowest BCUT2D eigenvalue weighted by molar-refractivity contribution is 0.231. The van der Waals surface area contributed by atoms with Crippen LogP contribution in [0.1, 0.15) is 73.4 Å². The summed E-state index contributed by atoms with van der Waals surface area (Å²) in [6, 6.07) is 36.2. The Hall–Kier alpha value is -7.08. The Morgan fingerprint density at radius 3 is 1.08 bits per heavy atom. The lowest BCUT2D eigenvalue weighted by atomic mass is 9.77. The molecule has 2 unspecified atom stereocenters. The third-order valence-electron chi connectivity index (χ3n) is 13.5. The van der Waals surface area contributed by atoms with Crippen LogP contribution in [0, 0.1) is 49.0 Å². The number of nitrogens with zero attached hydrogens (tertiary/aromatic N) is 6. The fourth-order valence-corrected chi connectivity index (χ4v) is 9.39. The van der Waals surface area contributed by atoms with E-state index in [9.17, 15) is 27.2 Å². The molecular weight excluding hydrogens is 841 g/mol. The third kappa shape index (κ3) is 8.71. The molecule has 10 rings (SSSR count). The molecule has 8 nitrogen and oxygen atoms in total. The Balaban J connectivity index is 0.000000166. The van der Waals surface area contributed by atoms with Crippen LogP contribution in [0.3, 0.4) is 0 Å². The van der Waals surface area contributed by atoms with Crippen molar-refractivity contribution < 1.29 is 17.6 Å². The molecule has 2 heterocycles. The highest BCUT2D eigenvalue weighted by molar-refractivity contribution is 5.84. The van der Waals surface area contributed by atoms with Crippen molar-refractivity contribution in [1.29, 1.82) is 0 Å². The fraction of sp³-hybridized carbons (Fsp3) is 0.259. The molecule has 2 saturated carbocycles. The Kier molecular flexibility index (Phi) is 12.3. The second kappa shape index (κ2) is 18.4. The summed E-state index contributed by atoms with van der Waals surface area (Å²) in [5.41, 5.74) is 6.16. The smallest absolute Gasteiger partial charge is 0.262 e. The zero-order valence-corrected chi connectivity index (χ0v) is 37.3. The number of hydrogen-bond donors (Lipinski definition) is 0. The predicted octanol–water partition coefficient (Wildman–Crippen LogP) is 12.3. The van der Waals surface area contributed by atoms with Crippen LogP contribution < -0.4 is 20.9 Å². The van der Waals surface area contributed by atoms with Crippen LogP contribution in [0.25, 0.3) is 21.8 Å². The van der Waals surface area contributed by atoms with Crippen LogP contribution in [0.2, 0.25) is 0 Å². The van der Waals surface area contributed by atoms with Crippen molar-refractivity contribution in [2.45, 2.75) is 64.5 Å². The van der Waals surface area contributed by atoms with Crippen molar-refractivity contribution in [1.82, 2.24) is 19.1 Å². The van der Waals surface area contributed by atoms with E-state index >= 15 is 0 Å². The SMILES string of the molecule is Cc1nc2ccc(N(C)c3ccc(F)cc3)cc2c(=O)n1C(c1ccc(F)cc1)C1CCC1.Cc1nc2ccc(N(C)c3ccc(F)cc3)cc2c(=O)n1C(c1ccc(F)cc1)C1CCC1. The van der Waals surface area contributed by atoms with E-state index in [4.69, 9.17) is 9.97 Å². The van der Waals surface area contributed by atoms with Crippen LogP contribution in [0.15, 0.2) is 143 Å². The number of anilines is 4. The van der Waals surface area contributed by atoms with Gasteiger partial charge in [0.1, 0.15) is 34.9 Å². The quantitative estimate of drug-likeness (QED) is 0.127. The summed E-state index contributed by atoms with van der Waals surface area (Å²) >= 11 is 0. The van der Waals surface area contributed by atoms with Crippen molar-refractivity contribution >= 4 is 44.6 Å². The summed E-state index contributed by atoms with van der Waals surface area (Å²) in [5.74, 6) is 0.752. The molecule has 2 aliphatic rings. The van der Waals surface area contributed by atoms with Gasteiger partial charge >= 0.3 is 0 Å². The van der Waals surface area contributed by atoms with Crippen LogP contribution in [-0.4, -0.2) is 33.2 Å².